The molecular formula is C22H20N2O3. The topological polar surface area (TPSA) is 59.9 Å². The summed E-state index contributed by atoms with van der Waals surface area (Å²) in [6.45, 7) is 0. The largest absolute Gasteiger partial charge is 0.493 e. The van der Waals surface area contributed by atoms with Crippen molar-refractivity contribution in [1.29, 1.82) is 0 Å². The minimum atomic E-state index is -0.307. The lowest BCUT2D eigenvalue weighted by atomic mass is 10.0. The number of hydrazone groups is 1. The normalized spacial score (nSPS) is 12.5. The molecule has 3 aromatic carbocycles. The van der Waals surface area contributed by atoms with Crippen molar-refractivity contribution in [2.75, 3.05) is 14.2 Å². The summed E-state index contributed by atoms with van der Waals surface area (Å²) in [4.78, 5) is 12.4. The van der Waals surface area contributed by atoms with E-state index in [2.05, 4.69) is 40.9 Å². The summed E-state index contributed by atoms with van der Waals surface area (Å²) in [6.07, 6.45) is 3.87. The number of hydrogen-bond acceptors (Lipinski definition) is 4. The monoisotopic (exact) mass is 360 g/mol. The van der Waals surface area contributed by atoms with Crippen LogP contribution in [0.2, 0.25) is 0 Å². The predicted molar refractivity (Wildman–Crippen MR) is 106 cm³/mol. The summed E-state index contributed by atoms with van der Waals surface area (Å²) in [5, 5.41) is 6.65. The van der Waals surface area contributed by atoms with Crippen LogP contribution in [0, 0.1) is 0 Å². The fourth-order valence-electron chi connectivity index (χ4n) is 3.58. The Hall–Kier alpha value is -3.34. The molecule has 0 heterocycles. The first-order valence-corrected chi connectivity index (χ1v) is 8.80. The number of nitrogens with one attached hydrogen (secondary N) is 1. The molecule has 0 aliphatic heterocycles. The second kappa shape index (κ2) is 7.11. The Labute approximate surface area is 157 Å². The molecule has 27 heavy (non-hydrogen) atoms. The molecule has 5 heteroatoms. The number of carbonyl (C=O) groups is 1. The van der Waals surface area contributed by atoms with Gasteiger partial charge in [-0.2, -0.15) is 5.10 Å². The molecule has 1 aliphatic rings. The zero-order valence-corrected chi connectivity index (χ0v) is 15.3. The third-order valence-corrected chi connectivity index (χ3v) is 4.93. The smallest absolute Gasteiger partial charge is 0.271 e. The molecular weight excluding hydrogens is 340 g/mol. The first-order valence-electron chi connectivity index (χ1n) is 8.80. The Balaban J connectivity index is 1.55. The Morgan fingerprint density at radius 3 is 2.56 bits per heavy atom. The highest BCUT2D eigenvalue weighted by Crippen LogP contribution is 2.32. The van der Waals surface area contributed by atoms with E-state index in [4.69, 9.17) is 9.47 Å². The van der Waals surface area contributed by atoms with Gasteiger partial charge in [-0.05, 0) is 52.9 Å². The van der Waals surface area contributed by atoms with Gasteiger partial charge in [0, 0.05) is 11.1 Å². The number of benzene rings is 3. The Morgan fingerprint density at radius 2 is 1.78 bits per heavy atom. The van der Waals surface area contributed by atoms with Gasteiger partial charge < -0.3 is 9.47 Å². The summed E-state index contributed by atoms with van der Waals surface area (Å²) >= 11 is 0. The van der Waals surface area contributed by atoms with E-state index in [0.29, 0.717) is 17.1 Å². The second-order valence-corrected chi connectivity index (χ2v) is 6.42. The zero-order chi connectivity index (χ0) is 18.8. The molecule has 136 valence electrons. The lowest BCUT2D eigenvalue weighted by Crippen LogP contribution is -2.17. The first kappa shape index (κ1) is 17.1. The molecule has 0 atom stereocenters. The number of ether oxygens (including phenoxy) is 2. The zero-order valence-electron chi connectivity index (χ0n) is 15.3. The summed E-state index contributed by atoms with van der Waals surface area (Å²) in [5.41, 5.74) is 6.78. The summed E-state index contributed by atoms with van der Waals surface area (Å²) in [6, 6.07) is 15.6. The summed E-state index contributed by atoms with van der Waals surface area (Å²) < 4.78 is 10.4. The van der Waals surface area contributed by atoms with E-state index in [-0.39, 0.29) is 5.91 Å². The Morgan fingerprint density at radius 1 is 1.00 bits per heavy atom. The standard InChI is InChI=1S/C22H20N2O3/c1-26-19-11-10-16(12-20(19)27-2)22(25)24-23-13-17-9-8-15-7-6-14-4-3-5-18(17)21(14)15/h3-5,8-13H,6-7H2,1-2H3,(H,24,25)/b23-13+. The van der Waals surface area contributed by atoms with Gasteiger partial charge in [-0.1, -0.05) is 30.3 Å². The van der Waals surface area contributed by atoms with Gasteiger partial charge in [-0.3, -0.25) is 4.79 Å². The van der Waals surface area contributed by atoms with E-state index < -0.39 is 0 Å². The van der Waals surface area contributed by atoms with Crippen LogP contribution in [0.4, 0.5) is 0 Å². The number of aryl methyl sites for hydroxylation is 2. The molecule has 4 rings (SSSR count). The lowest BCUT2D eigenvalue weighted by Gasteiger charge is -2.08. The van der Waals surface area contributed by atoms with Crippen LogP contribution >= 0.6 is 0 Å². The van der Waals surface area contributed by atoms with Gasteiger partial charge in [-0.15, -0.1) is 0 Å². The SMILES string of the molecule is COc1ccc(C(=O)N/N=C/c2ccc3c4c(cccc24)CC3)cc1OC. The van der Waals surface area contributed by atoms with Gasteiger partial charge in [0.1, 0.15) is 0 Å². The van der Waals surface area contributed by atoms with Crippen LogP contribution in [-0.2, 0) is 12.8 Å². The van der Waals surface area contributed by atoms with E-state index in [1.54, 1.807) is 31.5 Å². The molecule has 0 aromatic heterocycles. The molecule has 0 saturated carbocycles. The van der Waals surface area contributed by atoms with Crippen molar-refractivity contribution in [3.8, 4) is 11.5 Å². The average molecular weight is 360 g/mol. The quantitative estimate of drug-likeness (QED) is 0.557. The van der Waals surface area contributed by atoms with E-state index >= 15 is 0 Å². The van der Waals surface area contributed by atoms with Crippen molar-refractivity contribution in [3.05, 3.63) is 70.8 Å². The summed E-state index contributed by atoms with van der Waals surface area (Å²) in [5.74, 6) is 0.769. The second-order valence-electron chi connectivity index (χ2n) is 6.42. The molecule has 0 saturated heterocycles. The number of amides is 1. The van der Waals surface area contributed by atoms with E-state index in [9.17, 15) is 4.79 Å². The lowest BCUT2D eigenvalue weighted by molar-refractivity contribution is 0.0954. The van der Waals surface area contributed by atoms with E-state index in [0.717, 1.165) is 18.4 Å². The maximum Gasteiger partial charge on any atom is 0.271 e. The van der Waals surface area contributed by atoms with Crippen LogP contribution in [-0.4, -0.2) is 26.3 Å². The number of carbonyl (C=O) groups excluding carboxylic acids is 1. The average Bonchev–Trinajstić information content (AvgIpc) is 3.13. The highest BCUT2D eigenvalue weighted by molar-refractivity contribution is 6.04. The van der Waals surface area contributed by atoms with Crippen LogP contribution in [0.5, 0.6) is 11.5 Å². The summed E-state index contributed by atoms with van der Waals surface area (Å²) in [7, 11) is 3.09. The first-order chi connectivity index (χ1) is 13.2. The van der Waals surface area contributed by atoms with Gasteiger partial charge in [0.05, 0.1) is 20.4 Å². The van der Waals surface area contributed by atoms with Gasteiger partial charge in [0.25, 0.3) is 5.91 Å². The van der Waals surface area contributed by atoms with Crippen molar-refractivity contribution < 1.29 is 14.3 Å². The van der Waals surface area contributed by atoms with Crippen molar-refractivity contribution in [1.82, 2.24) is 5.43 Å². The minimum Gasteiger partial charge on any atom is -0.493 e. The Kier molecular flexibility index (Phi) is 4.50. The molecule has 1 amide bonds. The minimum absolute atomic E-state index is 0.307. The fourth-order valence-corrected chi connectivity index (χ4v) is 3.58. The number of hydrogen-bond donors (Lipinski definition) is 1. The maximum atomic E-state index is 12.4. The molecule has 0 spiro atoms. The van der Waals surface area contributed by atoms with Crippen LogP contribution in [0.3, 0.4) is 0 Å². The van der Waals surface area contributed by atoms with Gasteiger partial charge in [0.15, 0.2) is 11.5 Å². The van der Waals surface area contributed by atoms with Crippen LogP contribution < -0.4 is 14.9 Å². The third kappa shape index (κ3) is 3.12. The maximum absolute atomic E-state index is 12.4. The third-order valence-electron chi connectivity index (χ3n) is 4.93. The van der Waals surface area contributed by atoms with E-state index in [1.807, 2.05) is 0 Å². The predicted octanol–water partition coefficient (Wildman–Crippen LogP) is 3.72. The van der Waals surface area contributed by atoms with Crippen molar-refractivity contribution >= 4 is 22.9 Å². The fraction of sp³-hybridized carbons (Fsp3) is 0.182. The number of nitrogens with zero attached hydrogens (tertiary/aromatic N) is 1. The molecule has 5 nitrogen and oxygen atoms in total. The molecule has 1 N–H and O–H groups in total. The molecule has 0 radical (unpaired) electrons. The molecule has 0 bridgehead atoms. The molecule has 3 aromatic rings. The van der Waals surface area contributed by atoms with Gasteiger partial charge >= 0.3 is 0 Å². The van der Waals surface area contributed by atoms with E-state index in [1.165, 1.54) is 29.0 Å². The molecule has 0 unspecified atom stereocenters. The highest BCUT2D eigenvalue weighted by atomic mass is 16.5. The van der Waals surface area contributed by atoms with Crippen molar-refractivity contribution in [2.24, 2.45) is 5.10 Å². The van der Waals surface area contributed by atoms with Crippen molar-refractivity contribution in [2.45, 2.75) is 12.8 Å². The van der Waals surface area contributed by atoms with Crippen molar-refractivity contribution in [3.63, 3.8) is 0 Å². The number of methoxy groups -OCH3 is 2. The molecule has 1 aliphatic carbocycles. The van der Waals surface area contributed by atoms with Gasteiger partial charge in [0.2, 0.25) is 0 Å². The van der Waals surface area contributed by atoms with Gasteiger partial charge in [-0.25, -0.2) is 5.43 Å². The van der Waals surface area contributed by atoms with Crippen LogP contribution in [0.25, 0.3) is 10.8 Å². The number of rotatable bonds is 5. The van der Waals surface area contributed by atoms with Crippen LogP contribution in [0.1, 0.15) is 27.0 Å². The molecule has 0 fully saturated rings. The Bertz CT molecular complexity index is 1050. The highest BCUT2D eigenvalue weighted by Gasteiger charge is 2.15. The van der Waals surface area contributed by atoms with Crippen LogP contribution in [0.15, 0.2) is 53.6 Å².